The number of urea groups is 1. The summed E-state index contributed by atoms with van der Waals surface area (Å²) in [4.78, 5) is 25.1. The molecular weight excluding hydrogens is 210 g/mol. The minimum absolute atomic E-state index is 0.274. The summed E-state index contributed by atoms with van der Waals surface area (Å²) >= 11 is 0. The average Bonchev–Trinajstić information content (AvgIpc) is 2.99. The summed E-state index contributed by atoms with van der Waals surface area (Å²) in [5.74, 6) is -1.01. The van der Waals surface area contributed by atoms with Gasteiger partial charge in [0.1, 0.15) is 6.54 Å². The first-order valence-electron chi connectivity index (χ1n) is 5.41. The zero-order chi connectivity index (χ0) is 12.1. The normalized spacial score (nSPS) is 14.9. The Morgan fingerprint density at radius 2 is 2.00 bits per heavy atom. The Balaban J connectivity index is 2.11. The first-order chi connectivity index (χ1) is 7.50. The molecule has 92 valence electrons. The molecule has 0 atom stereocenters. The predicted octanol–water partition coefficient (Wildman–Crippen LogP) is -0.193. The average molecular weight is 229 g/mol. The van der Waals surface area contributed by atoms with Crippen LogP contribution in [0.5, 0.6) is 0 Å². The van der Waals surface area contributed by atoms with Gasteiger partial charge in [0.15, 0.2) is 0 Å². The summed E-state index contributed by atoms with van der Waals surface area (Å²) in [5, 5.41) is 11.2. The lowest BCUT2D eigenvalue weighted by atomic mass is 10.5. The van der Waals surface area contributed by atoms with Gasteiger partial charge in [0, 0.05) is 26.2 Å². The number of nitrogens with zero attached hydrogens (tertiary/aromatic N) is 2. The largest absolute Gasteiger partial charge is 0.480 e. The second-order valence-electron chi connectivity index (χ2n) is 4.19. The van der Waals surface area contributed by atoms with E-state index in [1.807, 2.05) is 7.05 Å². The SMILES string of the molecule is CN(CC(=O)O)C(=O)NCCN(C)C1CC1. The van der Waals surface area contributed by atoms with E-state index in [2.05, 4.69) is 10.2 Å². The van der Waals surface area contributed by atoms with Gasteiger partial charge in [-0.3, -0.25) is 4.79 Å². The molecule has 1 fully saturated rings. The first kappa shape index (κ1) is 12.8. The molecule has 0 bridgehead atoms. The molecule has 1 aliphatic carbocycles. The molecule has 0 aliphatic heterocycles. The van der Waals surface area contributed by atoms with Crippen LogP contribution in [0.2, 0.25) is 0 Å². The summed E-state index contributed by atoms with van der Waals surface area (Å²) in [7, 11) is 3.50. The number of aliphatic carboxylic acids is 1. The van der Waals surface area contributed by atoms with Crippen LogP contribution in [0.4, 0.5) is 4.79 Å². The molecule has 2 N–H and O–H groups in total. The van der Waals surface area contributed by atoms with Gasteiger partial charge in [-0.25, -0.2) is 4.79 Å². The zero-order valence-corrected chi connectivity index (χ0v) is 9.77. The molecule has 0 heterocycles. The molecule has 0 aromatic heterocycles. The monoisotopic (exact) mass is 229 g/mol. The Bertz CT molecular complexity index is 266. The van der Waals surface area contributed by atoms with Crippen molar-refractivity contribution in [1.82, 2.24) is 15.1 Å². The van der Waals surface area contributed by atoms with E-state index in [1.165, 1.54) is 19.9 Å². The summed E-state index contributed by atoms with van der Waals surface area (Å²) in [6, 6.07) is 0.334. The van der Waals surface area contributed by atoms with Crippen molar-refractivity contribution in [2.45, 2.75) is 18.9 Å². The molecule has 0 spiro atoms. The van der Waals surface area contributed by atoms with E-state index in [0.29, 0.717) is 12.6 Å². The molecule has 0 saturated heterocycles. The lowest BCUT2D eigenvalue weighted by Gasteiger charge is -2.18. The van der Waals surface area contributed by atoms with Crippen molar-refractivity contribution < 1.29 is 14.7 Å². The Morgan fingerprint density at radius 3 is 2.50 bits per heavy atom. The topological polar surface area (TPSA) is 72.9 Å². The molecule has 0 unspecified atom stereocenters. The number of carbonyl (C=O) groups is 2. The summed E-state index contributed by atoms with van der Waals surface area (Å²) in [6.45, 7) is 1.08. The second-order valence-corrected chi connectivity index (χ2v) is 4.19. The molecule has 2 amide bonds. The molecular formula is C10H19N3O3. The van der Waals surface area contributed by atoms with E-state index < -0.39 is 5.97 Å². The predicted molar refractivity (Wildman–Crippen MR) is 59.3 cm³/mol. The van der Waals surface area contributed by atoms with E-state index in [4.69, 9.17) is 5.11 Å². The van der Waals surface area contributed by atoms with Crippen LogP contribution >= 0.6 is 0 Å². The van der Waals surface area contributed by atoms with Crippen molar-refractivity contribution in [2.24, 2.45) is 0 Å². The van der Waals surface area contributed by atoms with E-state index in [0.717, 1.165) is 11.4 Å². The van der Waals surface area contributed by atoms with E-state index in [-0.39, 0.29) is 12.6 Å². The Kier molecular flexibility index (Phi) is 4.54. The molecule has 1 rings (SSSR count). The Morgan fingerprint density at radius 1 is 1.38 bits per heavy atom. The maximum atomic E-state index is 11.4. The molecule has 16 heavy (non-hydrogen) atoms. The van der Waals surface area contributed by atoms with Gasteiger partial charge >= 0.3 is 12.0 Å². The van der Waals surface area contributed by atoms with Crippen LogP contribution in [0.3, 0.4) is 0 Å². The number of likely N-dealkylation sites (N-methyl/N-ethyl adjacent to an activating group) is 2. The van der Waals surface area contributed by atoms with Gasteiger partial charge in [0.25, 0.3) is 0 Å². The minimum atomic E-state index is -1.01. The first-order valence-corrected chi connectivity index (χ1v) is 5.41. The molecule has 6 heteroatoms. The van der Waals surface area contributed by atoms with Crippen LogP contribution < -0.4 is 5.32 Å². The van der Waals surface area contributed by atoms with Gasteiger partial charge in [0.05, 0.1) is 0 Å². The third-order valence-corrected chi connectivity index (χ3v) is 2.63. The van der Waals surface area contributed by atoms with Gasteiger partial charge in [-0.05, 0) is 19.9 Å². The summed E-state index contributed by atoms with van der Waals surface area (Å²) in [6.07, 6.45) is 2.48. The number of carboxylic acids is 1. The highest BCUT2D eigenvalue weighted by Crippen LogP contribution is 2.24. The fraction of sp³-hybridized carbons (Fsp3) is 0.800. The van der Waals surface area contributed by atoms with Crippen molar-refractivity contribution in [1.29, 1.82) is 0 Å². The molecule has 1 saturated carbocycles. The smallest absolute Gasteiger partial charge is 0.323 e. The third-order valence-electron chi connectivity index (χ3n) is 2.63. The van der Waals surface area contributed by atoms with Gasteiger partial charge in [-0.2, -0.15) is 0 Å². The fourth-order valence-electron chi connectivity index (χ4n) is 1.45. The van der Waals surface area contributed by atoms with E-state index in [1.54, 1.807) is 0 Å². The quantitative estimate of drug-likeness (QED) is 0.662. The Labute approximate surface area is 95.2 Å². The number of hydrogen-bond donors (Lipinski definition) is 2. The lowest BCUT2D eigenvalue weighted by Crippen LogP contribution is -2.42. The minimum Gasteiger partial charge on any atom is -0.480 e. The molecule has 0 radical (unpaired) electrons. The van der Waals surface area contributed by atoms with Crippen LogP contribution in [0, 0.1) is 0 Å². The maximum Gasteiger partial charge on any atom is 0.323 e. The highest BCUT2D eigenvalue weighted by molar-refractivity contribution is 5.79. The standard InChI is InChI=1S/C10H19N3O3/c1-12(8-3-4-8)6-5-11-10(16)13(2)7-9(14)15/h8H,3-7H2,1-2H3,(H,11,16)(H,14,15). The highest BCUT2D eigenvalue weighted by atomic mass is 16.4. The molecule has 6 nitrogen and oxygen atoms in total. The third kappa shape index (κ3) is 4.48. The van der Waals surface area contributed by atoms with Crippen molar-refractivity contribution in [3.05, 3.63) is 0 Å². The van der Waals surface area contributed by atoms with Crippen LogP contribution in [0.25, 0.3) is 0 Å². The zero-order valence-electron chi connectivity index (χ0n) is 9.77. The number of carboxylic acid groups (broad SMARTS) is 1. The van der Waals surface area contributed by atoms with Crippen LogP contribution in [0.15, 0.2) is 0 Å². The van der Waals surface area contributed by atoms with Gasteiger partial charge < -0.3 is 20.2 Å². The fourth-order valence-corrected chi connectivity index (χ4v) is 1.45. The van der Waals surface area contributed by atoms with Crippen molar-refractivity contribution in [2.75, 3.05) is 33.7 Å². The van der Waals surface area contributed by atoms with Crippen LogP contribution in [0.1, 0.15) is 12.8 Å². The van der Waals surface area contributed by atoms with Crippen molar-refractivity contribution >= 4 is 12.0 Å². The van der Waals surface area contributed by atoms with Crippen LogP contribution in [-0.2, 0) is 4.79 Å². The summed E-state index contributed by atoms with van der Waals surface area (Å²) < 4.78 is 0. The van der Waals surface area contributed by atoms with Crippen LogP contribution in [-0.4, -0.2) is 66.7 Å². The van der Waals surface area contributed by atoms with Crippen molar-refractivity contribution in [3.63, 3.8) is 0 Å². The number of amides is 2. The number of carbonyl (C=O) groups excluding carboxylic acids is 1. The number of hydrogen-bond acceptors (Lipinski definition) is 3. The van der Waals surface area contributed by atoms with Gasteiger partial charge in [-0.15, -0.1) is 0 Å². The number of rotatable bonds is 6. The van der Waals surface area contributed by atoms with Gasteiger partial charge in [0.2, 0.25) is 0 Å². The maximum absolute atomic E-state index is 11.4. The molecule has 0 aromatic carbocycles. The van der Waals surface area contributed by atoms with E-state index >= 15 is 0 Å². The molecule has 0 aromatic rings. The Hall–Kier alpha value is -1.30. The van der Waals surface area contributed by atoms with Gasteiger partial charge in [-0.1, -0.05) is 0 Å². The lowest BCUT2D eigenvalue weighted by molar-refractivity contribution is -0.137. The van der Waals surface area contributed by atoms with Crippen molar-refractivity contribution in [3.8, 4) is 0 Å². The second kappa shape index (κ2) is 5.69. The molecule has 1 aliphatic rings. The highest BCUT2D eigenvalue weighted by Gasteiger charge is 2.25. The van der Waals surface area contributed by atoms with E-state index in [9.17, 15) is 9.59 Å². The number of nitrogens with one attached hydrogen (secondary N) is 1. The summed E-state index contributed by atoms with van der Waals surface area (Å²) in [5.41, 5.74) is 0.